The number of aromatic nitrogens is 2. The molecule has 0 N–H and O–H groups in total. The lowest BCUT2D eigenvalue weighted by molar-refractivity contribution is -0.132. The number of hydrogen-bond acceptors (Lipinski definition) is 4. The van der Waals surface area contributed by atoms with Gasteiger partial charge in [-0.1, -0.05) is 37.5 Å². The maximum absolute atomic E-state index is 13.0. The van der Waals surface area contributed by atoms with Gasteiger partial charge in [-0.2, -0.15) is 22.1 Å². The third-order valence-electron chi connectivity index (χ3n) is 6.65. The predicted molar refractivity (Wildman–Crippen MR) is 124 cm³/mol. The second-order valence-electron chi connectivity index (χ2n) is 8.72. The van der Waals surface area contributed by atoms with Crippen LogP contribution < -0.4 is 0 Å². The summed E-state index contributed by atoms with van der Waals surface area (Å²) >= 11 is 0. The molecule has 2 heterocycles. The van der Waals surface area contributed by atoms with E-state index in [2.05, 4.69) is 5.10 Å². The number of carbonyl (C=O) groups excluding carboxylic acids is 1. The molecular weight excluding hydrogens is 426 g/mol. The maximum Gasteiger partial charge on any atom is 0.282 e. The summed E-state index contributed by atoms with van der Waals surface area (Å²) < 4.78 is 31.0. The van der Waals surface area contributed by atoms with Crippen LogP contribution in [0.2, 0.25) is 0 Å². The Labute approximate surface area is 191 Å². The van der Waals surface area contributed by atoms with Crippen LogP contribution in [0.15, 0.2) is 42.7 Å². The van der Waals surface area contributed by atoms with E-state index < -0.39 is 10.2 Å². The first-order chi connectivity index (χ1) is 15.4. The molecule has 0 bridgehead atoms. The summed E-state index contributed by atoms with van der Waals surface area (Å²) in [5.74, 6) is 0.0649. The number of hydrogen-bond donors (Lipinski definition) is 0. The van der Waals surface area contributed by atoms with Crippen molar-refractivity contribution in [2.75, 3.05) is 33.2 Å². The first kappa shape index (κ1) is 22.9. The van der Waals surface area contributed by atoms with Gasteiger partial charge in [0.15, 0.2) is 0 Å². The predicted octanol–water partition coefficient (Wildman–Crippen LogP) is 2.46. The molecule has 1 aromatic heterocycles. The molecule has 0 unspecified atom stereocenters. The van der Waals surface area contributed by atoms with Crippen LogP contribution in [-0.4, -0.2) is 76.9 Å². The second-order valence-corrected chi connectivity index (χ2v) is 10.7. The van der Waals surface area contributed by atoms with Gasteiger partial charge >= 0.3 is 0 Å². The van der Waals surface area contributed by atoms with Crippen molar-refractivity contribution in [3.8, 4) is 5.69 Å². The molecule has 32 heavy (non-hydrogen) atoms. The first-order valence-corrected chi connectivity index (χ1v) is 12.9. The van der Waals surface area contributed by atoms with Crippen LogP contribution in [-0.2, 0) is 21.4 Å². The molecule has 2 aliphatic rings. The van der Waals surface area contributed by atoms with E-state index in [0.717, 1.165) is 36.9 Å². The van der Waals surface area contributed by atoms with Crippen LogP contribution in [0.4, 0.5) is 0 Å². The van der Waals surface area contributed by atoms with Gasteiger partial charge < -0.3 is 4.90 Å². The minimum atomic E-state index is -3.47. The highest BCUT2D eigenvalue weighted by molar-refractivity contribution is 7.86. The van der Waals surface area contributed by atoms with Crippen molar-refractivity contribution >= 4 is 16.1 Å². The fourth-order valence-electron chi connectivity index (χ4n) is 4.60. The number of piperazine rings is 1. The number of carbonyl (C=O) groups is 1. The fourth-order valence-corrected chi connectivity index (χ4v) is 6.18. The Morgan fingerprint density at radius 2 is 1.75 bits per heavy atom. The Morgan fingerprint density at radius 3 is 2.44 bits per heavy atom. The highest BCUT2D eigenvalue weighted by atomic mass is 32.2. The summed E-state index contributed by atoms with van der Waals surface area (Å²) in [6.45, 7) is 1.61. The zero-order chi connectivity index (χ0) is 22.6. The zero-order valence-electron chi connectivity index (χ0n) is 18.8. The van der Waals surface area contributed by atoms with Gasteiger partial charge in [0.2, 0.25) is 5.91 Å². The molecular formula is C23H33N5O3S. The number of para-hydroxylation sites is 1. The summed E-state index contributed by atoms with van der Waals surface area (Å²) in [5, 5.41) is 4.38. The number of aryl methyl sites for hydroxylation is 1. The van der Waals surface area contributed by atoms with Gasteiger partial charge in [-0.05, 0) is 37.0 Å². The van der Waals surface area contributed by atoms with Gasteiger partial charge in [0.25, 0.3) is 10.2 Å². The molecule has 1 aromatic carbocycles. The number of rotatable bonds is 7. The van der Waals surface area contributed by atoms with Gasteiger partial charge in [0.05, 0.1) is 11.9 Å². The monoisotopic (exact) mass is 459 g/mol. The molecule has 4 rings (SSSR count). The quantitative estimate of drug-likeness (QED) is 0.637. The molecule has 0 radical (unpaired) electrons. The van der Waals surface area contributed by atoms with E-state index in [0.29, 0.717) is 39.0 Å². The third-order valence-corrected chi connectivity index (χ3v) is 8.70. The Morgan fingerprint density at radius 1 is 1.06 bits per heavy atom. The summed E-state index contributed by atoms with van der Waals surface area (Å²) in [6, 6.07) is 9.97. The van der Waals surface area contributed by atoms with Crippen molar-refractivity contribution in [2.24, 2.45) is 0 Å². The molecule has 1 saturated heterocycles. The van der Waals surface area contributed by atoms with Gasteiger partial charge in [-0.15, -0.1) is 0 Å². The molecule has 2 aromatic rings. The lowest BCUT2D eigenvalue weighted by atomic mass is 9.96. The standard InChI is InChI=1S/C23H33N5O3S/c1-25(21-8-4-2-5-9-21)32(30,31)27-16-14-26(15-17-27)23(29)13-12-20-18-24-28(19-20)22-10-6-3-7-11-22/h3,6-7,10-11,18-19,21H,2,4-5,8-9,12-17H2,1H3. The van der Waals surface area contributed by atoms with Gasteiger partial charge in [-0.3, -0.25) is 4.79 Å². The average molecular weight is 460 g/mol. The van der Waals surface area contributed by atoms with Crippen molar-refractivity contribution in [1.29, 1.82) is 0 Å². The second kappa shape index (κ2) is 10.1. The van der Waals surface area contributed by atoms with Crippen LogP contribution in [0, 0.1) is 0 Å². The third kappa shape index (κ3) is 5.22. The molecule has 2 fully saturated rings. The van der Waals surface area contributed by atoms with E-state index in [4.69, 9.17) is 0 Å². The molecule has 1 aliphatic carbocycles. The van der Waals surface area contributed by atoms with E-state index in [1.165, 1.54) is 10.7 Å². The number of nitrogens with zero attached hydrogens (tertiary/aromatic N) is 5. The molecule has 1 saturated carbocycles. The Kier molecular flexibility index (Phi) is 7.27. The summed E-state index contributed by atoms with van der Waals surface area (Å²) in [6.07, 6.45) is 10.0. The molecule has 0 spiro atoms. The molecule has 1 amide bonds. The summed E-state index contributed by atoms with van der Waals surface area (Å²) in [7, 11) is -1.77. The van der Waals surface area contributed by atoms with E-state index in [-0.39, 0.29) is 11.9 Å². The lowest BCUT2D eigenvalue weighted by Gasteiger charge is -2.38. The van der Waals surface area contributed by atoms with Crippen LogP contribution in [0.5, 0.6) is 0 Å². The van der Waals surface area contributed by atoms with Crippen LogP contribution in [0.25, 0.3) is 5.69 Å². The number of amides is 1. The van der Waals surface area contributed by atoms with E-state index >= 15 is 0 Å². The van der Waals surface area contributed by atoms with Crippen molar-refractivity contribution in [1.82, 2.24) is 23.3 Å². The lowest BCUT2D eigenvalue weighted by Crippen LogP contribution is -2.55. The fraction of sp³-hybridized carbons (Fsp3) is 0.565. The van der Waals surface area contributed by atoms with Crippen molar-refractivity contribution in [3.05, 3.63) is 48.3 Å². The topological polar surface area (TPSA) is 78.8 Å². The minimum Gasteiger partial charge on any atom is -0.340 e. The normalized spacial score (nSPS) is 18.9. The highest BCUT2D eigenvalue weighted by Crippen LogP contribution is 2.25. The first-order valence-electron chi connectivity index (χ1n) is 11.5. The van der Waals surface area contributed by atoms with Crippen LogP contribution in [0.1, 0.15) is 44.1 Å². The van der Waals surface area contributed by atoms with Gasteiger partial charge in [0, 0.05) is 51.9 Å². The van der Waals surface area contributed by atoms with Crippen molar-refractivity contribution < 1.29 is 13.2 Å². The molecule has 174 valence electrons. The molecule has 1 aliphatic heterocycles. The molecule has 8 nitrogen and oxygen atoms in total. The molecule has 0 atom stereocenters. The summed E-state index contributed by atoms with van der Waals surface area (Å²) in [5.41, 5.74) is 2.00. The highest BCUT2D eigenvalue weighted by Gasteiger charge is 2.35. The largest absolute Gasteiger partial charge is 0.340 e. The van der Waals surface area contributed by atoms with Crippen molar-refractivity contribution in [3.63, 3.8) is 0 Å². The molecule has 9 heteroatoms. The van der Waals surface area contributed by atoms with E-state index in [9.17, 15) is 13.2 Å². The minimum absolute atomic E-state index is 0.0649. The zero-order valence-corrected chi connectivity index (χ0v) is 19.6. The Hall–Kier alpha value is -2.23. The summed E-state index contributed by atoms with van der Waals surface area (Å²) in [4.78, 5) is 14.5. The maximum atomic E-state index is 13.0. The van der Waals surface area contributed by atoms with Crippen molar-refractivity contribution in [2.45, 2.75) is 51.0 Å². The Bertz CT molecular complexity index is 994. The van der Waals surface area contributed by atoms with E-state index in [1.54, 1.807) is 22.4 Å². The number of benzene rings is 1. The van der Waals surface area contributed by atoms with E-state index in [1.807, 2.05) is 41.2 Å². The van der Waals surface area contributed by atoms with Gasteiger partial charge in [0.1, 0.15) is 0 Å². The smallest absolute Gasteiger partial charge is 0.282 e. The van der Waals surface area contributed by atoms with Crippen LogP contribution in [0.3, 0.4) is 0 Å². The Balaban J connectivity index is 1.26. The average Bonchev–Trinajstić information content (AvgIpc) is 3.32. The van der Waals surface area contributed by atoms with Gasteiger partial charge in [-0.25, -0.2) is 4.68 Å². The SMILES string of the molecule is CN(C1CCCCC1)S(=O)(=O)N1CCN(C(=O)CCc2cnn(-c3ccccc3)c2)CC1. The van der Waals surface area contributed by atoms with Crippen LogP contribution >= 0.6 is 0 Å².